The number of phenolic OH excluding ortho intramolecular Hbond substituents is 1. The van der Waals surface area contributed by atoms with Crippen molar-refractivity contribution in [2.24, 2.45) is 5.41 Å². The van der Waals surface area contributed by atoms with E-state index in [-0.39, 0.29) is 11.6 Å². The van der Waals surface area contributed by atoms with Crippen molar-refractivity contribution in [3.8, 4) is 5.75 Å². The second kappa shape index (κ2) is 4.45. The molecule has 108 valence electrons. The molecule has 0 bridgehead atoms. The van der Waals surface area contributed by atoms with Crippen molar-refractivity contribution in [2.45, 2.75) is 57.5 Å². The molecule has 20 heavy (non-hydrogen) atoms. The fraction of sp³-hybridized carbons (Fsp3) is 0.647. The number of aromatic hydroxyl groups is 1. The van der Waals surface area contributed by atoms with Crippen LogP contribution in [-0.4, -0.2) is 22.6 Å². The van der Waals surface area contributed by atoms with E-state index in [1.807, 2.05) is 0 Å². The normalized spacial score (nSPS) is 28.4. The van der Waals surface area contributed by atoms with Gasteiger partial charge in [0.1, 0.15) is 11.6 Å². The maximum atomic E-state index is 14.0. The molecule has 1 aliphatic carbocycles. The summed E-state index contributed by atoms with van der Waals surface area (Å²) in [6.07, 6.45) is 8.99. The van der Waals surface area contributed by atoms with E-state index in [2.05, 4.69) is 4.90 Å². The molecular weight excluding hydrogens is 253 g/mol. The quantitative estimate of drug-likeness (QED) is 0.782. The molecule has 1 N–H and O–H groups in total. The molecule has 0 aromatic heterocycles. The van der Waals surface area contributed by atoms with Gasteiger partial charge < -0.3 is 5.11 Å². The van der Waals surface area contributed by atoms with Gasteiger partial charge in [-0.15, -0.1) is 0 Å². The van der Waals surface area contributed by atoms with Gasteiger partial charge in [0.25, 0.3) is 0 Å². The lowest BCUT2D eigenvalue weighted by Crippen LogP contribution is -2.36. The SMILES string of the molecule is Oc1cc(F)c2c(c1)CC1CC3(CCCCC3)CN1C2. The van der Waals surface area contributed by atoms with Gasteiger partial charge in [0.15, 0.2) is 0 Å². The van der Waals surface area contributed by atoms with E-state index in [9.17, 15) is 9.50 Å². The van der Waals surface area contributed by atoms with Crippen molar-refractivity contribution in [2.75, 3.05) is 6.54 Å². The first-order valence-corrected chi connectivity index (χ1v) is 7.90. The van der Waals surface area contributed by atoms with E-state index in [1.54, 1.807) is 6.07 Å². The highest BCUT2D eigenvalue weighted by Crippen LogP contribution is 2.48. The van der Waals surface area contributed by atoms with Gasteiger partial charge in [0.05, 0.1) is 0 Å². The zero-order chi connectivity index (χ0) is 13.7. The standard InChI is InChI=1S/C17H22FNO/c18-16-8-14(20)7-12-6-13-9-17(4-2-1-3-5-17)11-19(13)10-15(12)16/h7-8,13,20H,1-6,9-11H2. The number of halogens is 1. The van der Waals surface area contributed by atoms with Crippen LogP contribution in [0.2, 0.25) is 0 Å². The van der Waals surface area contributed by atoms with Gasteiger partial charge in [0.2, 0.25) is 0 Å². The van der Waals surface area contributed by atoms with Gasteiger partial charge in [-0.3, -0.25) is 4.90 Å². The smallest absolute Gasteiger partial charge is 0.131 e. The Labute approximate surface area is 119 Å². The summed E-state index contributed by atoms with van der Waals surface area (Å²) < 4.78 is 14.0. The van der Waals surface area contributed by atoms with Gasteiger partial charge in [-0.25, -0.2) is 4.39 Å². The fourth-order valence-electron chi connectivity index (χ4n) is 4.80. The molecule has 2 aliphatic heterocycles. The maximum absolute atomic E-state index is 14.0. The number of phenols is 1. The van der Waals surface area contributed by atoms with Crippen molar-refractivity contribution < 1.29 is 9.50 Å². The number of hydrogen-bond donors (Lipinski definition) is 1. The van der Waals surface area contributed by atoms with Gasteiger partial charge in [-0.1, -0.05) is 19.3 Å². The molecule has 1 saturated heterocycles. The van der Waals surface area contributed by atoms with Crippen LogP contribution in [0.5, 0.6) is 5.75 Å². The lowest BCUT2D eigenvalue weighted by atomic mass is 9.72. The van der Waals surface area contributed by atoms with Crippen LogP contribution in [0.15, 0.2) is 12.1 Å². The average molecular weight is 275 g/mol. The predicted octanol–water partition coefficient (Wildman–Crippen LogP) is 3.61. The topological polar surface area (TPSA) is 23.5 Å². The van der Waals surface area contributed by atoms with E-state index in [1.165, 1.54) is 44.6 Å². The molecule has 1 saturated carbocycles. The van der Waals surface area contributed by atoms with Gasteiger partial charge in [0, 0.05) is 30.8 Å². The Kier molecular flexibility index (Phi) is 2.81. The maximum Gasteiger partial charge on any atom is 0.131 e. The summed E-state index contributed by atoms with van der Waals surface area (Å²) >= 11 is 0. The van der Waals surface area contributed by atoms with Crippen LogP contribution >= 0.6 is 0 Å². The van der Waals surface area contributed by atoms with Gasteiger partial charge in [-0.05, 0) is 42.7 Å². The van der Waals surface area contributed by atoms with Crippen molar-refractivity contribution in [3.05, 3.63) is 29.1 Å². The van der Waals surface area contributed by atoms with Crippen LogP contribution < -0.4 is 0 Å². The molecule has 2 heterocycles. The molecule has 3 heteroatoms. The first-order valence-electron chi connectivity index (χ1n) is 7.90. The molecule has 0 radical (unpaired) electrons. The zero-order valence-electron chi connectivity index (χ0n) is 11.9. The van der Waals surface area contributed by atoms with Crippen LogP contribution in [0.4, 0.5) is 4.39 Å². The molecule has 2 fully saturated rings. The molecule has 0 amide bonds. The van der Waals surface area contributed by atoms with Crippen LogP contribution in [0, 0.1) is 11.2 Å². The van der Waals surface area contributed by atoms with Crippen molar-refractivity contribution in [3.63, 3.8) is 0 Å². The summed E-state index contributed by atoms with van der Waals surface area (Å²) in [5, 5.41) is 9.60. The summed E-state index contributed by atoms with van der Waals surface area (Å²) in [5.74, 6) is -0.164. The van der Waals surface area contributed by atoms with Crippen LogP contribution in [-0.2, 0) is 13.0 Å². The summed E-state index contributed by atoms with van der Waals surface area (Å²) in [6, 6.07) is 3.58. The molecule has 2 nitrogen and oxygen atoms in total. The third-order valence-corrected chi connectivity index (χ3v) is 5.73. The lowest BCUT2D eigenvalue weighted by Gasteiger charge is -2.33. The van der Waals surface area contributed by atoms with Crippen molar-refractivity contribution in [1.82, 2.24) is 4.90 Å². The van der Waals surface area contributed by atoms with E-state index >= 15 is 0 Å². The van der Waals surface area contributed by atoms with E-state index < -0.39 is 0 Å². The Balaban J connectivity index is 1.62. The monoisotopic (exact) mass is 275 g/mol. The molecule has 1 aromatic carbocycles. The Morgan fingerprint density at radius 2 is 2.00 bits per heavy atom. The predicted molar refractivity (Wildman–Crippen MR) is 76.1 cm³/mol. The third kappa shape index (κ3) is 1.95. The molecule has 1 unspecified atom stereocenters. The number of fused-ring (bicyclic) bond motifs is 2. The zero-order valence-corrected chi connectivity index (χ0v) is 11.9. The third-order valence-electron chi connectivity index (χ3n) is 5.73. The highest BCUT2D eigenvalue weighted by molar-refractivity contribution is 5.38. The second-order valence-corrected chi connectivity index (χ2v) is 7.09. The fourth-order valence-corrected chi connectivity index (χ4v) is 4.80. The second-order valence-electron chi connectivity index (χ2n) is 7.09. The molecule has 1 spiro atoms. The average Bonchev–Trinajstić information content (AvgIpc) is 2.74. The molecule has 3 aliphatic rings. The van der Waals surface area contributed by atoms with Gasteiger partial charge >= 0.3 is 0 Å². The minimum atomic E-state index is -0.233. The van der Waals surface area contributed by atoms with E-state index in [0.717, 1.165) is 30.6 Å². The highest BCUT2D eigenvalue weighted by Gasteiger charge is 2.45. The summed E-state index contributed by atoms with van der Waals surface area (Å²) in [5.41, 5.74) is 2.34. The molecule has 1 aromatic rings. The Morgan fingerprint density at radius 3 is 2.80 bits per heavy atom. The molecule has 1 atom stereocenters. The Hall–Kier alpha value is -1.09. The first kappa shape index (κ1) is 12.6. The van der Waals surface area contributed by atoms with E-state index in [4.69, 9.17) is 0 Å². The minimum absolute atomic E-state index is 0.0695. The first-order chi connectivity index (χ1) is 9.65. The number of benzene rings is 1. The molecular formula is C17H22FNO. The Morgan fingerprint density at radius 1 is 1.20 bits per heavy atom. The largest absolute Gasteiger partial charge is 0.508 e. The number of nitrogens with zero attached hydrogens (tertiary/aromatic N) is 1. The van der Waals surface area contributed by atoms with Gasteiger partial charge in [-0.2, -0.15) is 0 Å². The Bertz CT molecular complexity index is 536. The number of rotatable bonds is 0. The summed E-state index contributed by atoms with van der Waals surface area (Å²) in [7, 11) is 0. The van der Waals surface area contributed by atoms with Crippen LogP contribution in [0.3, 0.4) is 0 Å². The van der Waals surface area contributed by atoms with Crippen LogP contribution in [0.1, 0.15) is 49.7 Å². The minimum Gasteiger partial charge on any atom is -0.508 e. The summed E-state index contributed by atoms with van der Waals surface area (Å²) in [4.78, 5) is 2.49. The number of hydrogen-bond acceptors (Lipinski definition) is 2. The molecule has 4 rings (SSSR count). The van der Waals surface area contributed by atoms with Crippen molar-refractivity contribution in [1.29, 1.82) is 0 Å². The van der Waals surface area contributed by atoms with Crippen LogP contribution in [0.25, 0.3) is 0 Å². The highest BCUT2D eigenvalue weighted by atomic mass is 19.1. The van der Waals surface area contributed by atoms with Crippen molar-refractivity contribution >= 4 is 0 Å². The van der Waals surface area contributed by atoms with E-state index in [0.29, 0.717) is 11.5 Å². The summed E-state index contributed by atoms with van der Waals surface area (Å²) in [6.45, 7) is 1.88. The lowest BCUT2D eigenvalue weighted by molar-refractivity contribution is 0.174.